The molecule has 1 heterocycles. The van der Waals surface area contributed by atoms with E-state index in [4.69, 9.17) is 4.74 Å². The van der Waals surface area contributed by atoms with Crippen molar-refractivity contribution in [2.45, 2.75) is 12.8 Å². The van der Waals surface area contributed by atoms with Gasteiger partial charge < -0.3 is 15.4 Å². The Kier molecular flexibility index (Phi) is 10.3. The van der Waals surface area contributed by atoms with Gasteiger partial charge in [-0.1, -0.05) is 18.2 Å². The molecule has 1 aliphatic heterocycles. The van der Waals surface area contributed by atoms with Gasteiger partial charge in [-0.05, 0) is 30.9 Å². The molecule has 0 saturated carbocycles. The van der Waals surface area contributed by atoms with Crippen molar-refractivity contribution in [1.29, 1.82) is 0 Å². The lowest BCUT2D eigenvalue weighted by Crippen LogP contribution is -2.44. The van der Waals surface area contributed by atoms with Crippen LogP contribution in [0.5, 0.6) is 5.75 Å². The number of guanidine groups is 1. The van der Waals surface area contributed by atoms with Gasteiger partial charge >= 0.3 is 0 Å². The fraction of sp³-hybridized carbons (Fsp3) is 0.588. The first-order chi connectivity index (χ1) is 12.0. The second kappa shape index (κ2) is 11.6. The van der Waals surface area contributed by atoms with Crippen molar-refractivity contribution in [3.63, 3.8) is 0 Å². The topological polar surface area (TPSA) is 83.0 Å². The van der Waals surface area contributed by atoms with Crippen LogP contribution >= 0.6 is 24.0 Å². The normalized spacial score (nSPS) is 16.6. The highest BCUT2D eigenvalue weighted by molar-refractivity contribution is 14.0. The fourth-order valence-corrected chi connectivity index (χ4v) is 3.64. The summed E-state index contributed by atoms with van der Waals surface area (Å²) < 4.78 is 30.2. The summed E-state index contributed by atoms with van der Waals surface area (Å²) in [7, 11) is -1.32. The van der Waals surface area contributed by atoms with Crippen molar-refractivity contribution in [3.8, 4) is 5.75 Å². The smallest absolute Gasteiger partial charge is 0.211 e. The van der Waals surface area contributed by atoms with E-state index in [1.165, 1.54) is 6.26 Å². The zero-order chi connectivity index (χ0) is 18.1. The largest absolute Gasteiger partial charge is 0.492 e. The van der Waals surface area contributed by atoms with Gasteiger partial charge in [-0.3, -0.25) is 4.99 Å². The average molecular weight is 496 g/mol. The lowest BCUT2D eigenvalue weighted by atomic mass is 9.98. The second-order valence-electron chi connectivity index (χ2n) is 6.15. The number of benzene rings is 1. The van der Waals surface area contributed by atoms with E-state index in [1.54, 1.807) is 11.4 Å². The number of hydrogen-bond acceptors (Lipinski definition) is 4. The van der Waals surface area contributed by atoms with Gasteiger partial charge in [0, 0.05) is 26.7 Å². The van der Waals surface area contributed by atoms with Gasteiger partial charge in [0.15, 0.2) is 5.96 Å². The first kappa shape index (κ1) is 23.0. The monoisotopic (exact) mass is 496 g/mol. The maximum Gasteiger partial charge on any atom is 0.211 e. The molecule has 1 aromatic rings. The number of ether oxygens (including phenoxy) is 1. The maximum absolute atomic E-state index is 11.5. The zero-order valence-corrected chi connectivity index (χ0v) is 18.5. The van der Waals surface area contributed by atoms with Crippen LogP contribution in [0.4, 0.5) is 0 Å². The zero-order valence-electron chi connectivity index (χ0n) is 15.3. The van der Waals surface area contributed by atoms with E-state index >= 15 is 0 Å². The van der Waals surface area contributed by atoms with Gasteiger partial charge in [0.25, 0.3) is 0 Å². The van der Waals surface area contributed by atoms with E-state index in [2.05, 4.69) is 15.6 Å². The first-order valence-corrected chi connectivity index (χ1v) is 10.4. The Hall–Kier alpha value is -1.07. The highest BCUT2D eigenvalue weighted by Crippen LogP contribution is 2.18. The molecular formula is C17H29IN4O3S. The molecule has 9 heteroatoms. The van der Waals surface area contributed by atoms with Crippen molar-refractivity contribution in [3.05, 3.63) is 30.3 Å². The first-order valence-electron chi connectivity index (χ1n) is 8.56. The molecule has 0 spiro atoms. The molecule has 2 rings (SSSR count). The Labute approximate surface area is 173 Å². The van der Waals surface area contributed by atoms with Gasteiger partial charge in [-0.25, -0.2) is 12.7 Å². The minimum Gasteiger partial charge on any atom is -0.492 e. The van der Waals surface area contributed by atoms with Crippen LogP contribution in [-0.4, -0.2) is 64.8 Å². The molecule has 26 heavy (non-hydrogen) atoms. The van der Waals surface area contributed by atoms with Crippen molar-refractivity contribution < 1.29 is 13.2 Å². The van der Waals surface area contributed by atoms with Crippen LogP contribution in [-0.2, 0) is 10.0 Å². The number of piperidine rings is 1. The van der Waals surface area contributed by atoms with E-state index in [1.807, 2.05) is 30.3 Å². The number of aliphatic imine (C=N–C) groups is 1. The second-order valence-corrected chi connectivity index (χ2v) is 8.13. The summed E-state index contributed by atoms with van der Waals surface area (Å²) in [6.45, 7) is 3.19. The Bertz CT molecular complexity index is 647. The van der Waals surface area contributed by atoms with E-state index in [9.17, 15) is 8.42 Å². The molecule has 7 nitrogen and oxygen atoms in total. The molecule has 1 aliphatic rings. The fourth-order valence-electron chi connectivity index (χ4n) is 2.76. The maximum atomic E-state index is 11.5. The van der Waals surface area contributed by atoms with Crippen LogP contribution in [0.25, 0.3) is 0 Å². The highest BCUT2D eigenvalue weighted by Gasteiger charge is 2.24. The summed E-state index contributed by atoms with van der Waals surface area (Å²) in [4.78, 5) is 4.20. The molecular weight excluding hydrogens is 467 g/mol. The van der Waals surface area contributed by atoms with E-state index in [0.717, 1.165) is 31.1 Å². The van der Waals surface area contributed by atoms with Gasteiger partial charge in [0.2, 0.25) is 10.0 Å². The number of hydrogen-bond donors (Lipinski definition) is 2. The van der Waals surface area contributed by atoms with Gasteiger partial charge in [-0.2, -0.15) is 0 Å². The van der Waals surface area contributed by atoms with E-state index in [0.29, 0.717) is 32.2 Å². The Morgan fingerprint density at radius 1 is 1.23 bits per heavy atom. The third kappa shape index (κ3) is 8.09. The molecule has 1 fully saturated rings. The quantitative estimate of drug-likeness (QED) is 0.259. The molecule has 0 unspecified atom stereocenters. The van der Waals surface area contributed by atoms with Crippen LogP contribution in [0, 0.1) is 5.92 Å². The summed E-state index contributed by atoms with van der Waals surface area (Å²) in [5, 5.41) is 6.53. The molecule has 0 bridgehead atoms. The summed E-state index contributed by atoms with van der Waals surface area (Å²) in [6.07, 6.45) is 3.01. The van der Waals surface area contributed by atoms with Crippen LogP contribution in [0.2, 0.25) is 0 Å². The Balaban J connectivity index is 0.00000338. The van der Waals surface area contributed by atoms with Gasteiger partial charge in [0.1, 0.15) is 12.4 Å². The standard InChI is InChI=1S/C17H28N4O3S.HI/c1-18-17(19-10-13-24-16-6-4-3-5-7-16)20-14-15-8-11-21(12-9-15)25(2,22)23;/h3-7,15H,8-14H2,1-2H3,(H2,18,19,20);1H. The molecule has 0 aromatic heterocycles. The van der Waals surface area contributed by atoms with Crippen molar-refractivity contribution in [1.82, 2.24) is 14.9 Å². The van der Waals surface area contributed by atoms with Crippen LogP contribution in [0.3, 0.4) is 0 Å². The molecule has 0 amide bonds. The number of rotatable bonds is 7. The summed E-state index contributed by atoms with van der Waals surface area (Å²) in [6, 6.07) is 9.69. The van der Waals surface area contributed by atoms with E-state index < -0.39 is 10.0 Å². The summed E-state index contributed by atoms with van der Waals surface area (Å²) in [5.74, 6) is 2.05. The predicted molar refractivity (Wildman–Crippen MR) is 116 cm³/mol. The third-order valence-corrected chi connectivity index (χ3v) is 5.53. The minimum absolute atomic E-state index is 0. The van der Waals surface area contributed by atoms with Crippen LogP contribution in [0.1, 0.15) is 12.8 Å². The highest BCUT2D eigenvalue weighted by atomic mass is 127. The number of nitrogens with one attached hydrogen (secondary N) is 2. The lowest BCUT2D eigenvalue weighted by Gasteiger charge is -2.30. The molecule has 0 aliphatic carbocycles. The predicted octanol–water partition coefficient (Wildman–Crippen LogP) is 1.52. The molecule has 0 atom stereocenters. The molecule has 1 saturated heterocycles. The number of halogens is 1. The van der Waals surface area contributed by atoms with Crippen LogP contribution in [0.15, 0.2) is 35.3 Å². The molecule has 2 N–H and O–H groups in total. The van der Waals surface area contributed by atoms with Gasteiger partial charge in [0.05, 0.1) is 12.8 Å². The Morgan fingerprint density at radius 3 is 2.46 bits per heavy atom. The minimum atomic E-state index is -3.06. The van der Waals surface area contributed by atoms with Crippen molar-refractivity contribution in [2.24, 2.45) is 10.9 Å². The summed E-state index contributed by atoms with van der Waals surface area (Å²) >= 11 is 0. The van der Waals surface area contributed by atoms with Crippen molar-refractivity contribution >= 4 is 40.0 Å². The lowest BCUT2D eigenvalue weighted by molar-refractivity contribution is 0.274. The van der Waals surface area contributed by atoms with E-state index in [-0.39, 0.29) is 24.0 Å². The number of para-hydroxylation sites is 1. The Morgan fingerprint density at radius 2 is 1.88 bits per heavy atom. The average Bonchev–Trinajstić information content (AvgIpc) is 2.61. The number of nitrogens with zero attached hydrogens (tertiary/aromatic N) is 2. The molecule has 1 aromatic carbocycles. The van der Waals surface area contributed by atoms with Crippen LogP contribution < -0.4 is 15.4 Å². The van der Waals surface area contributed by atoms with Crippen molar-refractivity contribution in [2.75, 3.05) is 46.1 Å². The summed E-state index contributed by atoms with van der Waals surface area (Å²) in [5.41, 5.74) is 0. The third-order valence-electron chi connectivity index (χ3n) is 4.23. The SMILES string of the molecule is CN=C(NCCOc1ccccc1)NCC1CCN(S(C)(=O)=O)CC1.I. The number of sulfonamides is 1. The molecule has 148 valence electrons. The van der Waals surface area contributed by atoms with Gasteiger partial charge in [-0.15, -0.1) is 24.0 Å². The molecule has 0 radical (unpaired) electrons.